The number of carbonyl (C=O) groups excluding carboxylic acids is 1. The second-order valence-corrected chi connectivity index (χ2v) is 7.25. The van der Waals surface area contributed by atoms with Gasteiger partial charge in [0.25, 0.3) is 0 Å². The molecule has 0 radical (unpaired) electrons. The van der Waals surface area contributed by atoms with Gasteiger partial charge >= 0.3 is 12.2 Å². The molecule has 3 rings (SSSR count). The van der Waals surface area contributed by atoms with Gasteiger partial charge in [0.05, 0.1) is 32.0 Å². The van der Waals surface area contributed by atoms with Crippen molar-refractivity contribution in [3.05, 3.63) is 71.0 Å². The number of benzene rings is 2. The number of aryl methyl sites for hydroxylation is 2. The number of carbonyl (C=O) groups is 1. The number of ether oxygens (including phenoxy) is 1. The van der Waals surface area contributed by atoms with Crippen LogP contribution >= 0.6 is 0 Å². The summed E-state index contributed by atoms with van der Waals surface area (Å²) in [6.07, 6.45) is -2.03. The second kappa shape index (κ2) is 9.11. The fourth-order valence-electron chi connectivity index (χ4n) is 3.21. The molecule has 3 aromatic rings. The van der Waals surface area contributed by atoms with Gasteiger partial charge in [-0.15, -0.1) is 0 Å². The number of nitrogens with one attached hydrogen (secondary N) is 2. The van der Waals surface area contributed by atoms with E-state index in [1.165, 1.54) is 18.3 Å². The molecular weight excluding hydrogens is 409 g/mol. The molecule has 1 heterocycles. The van der Waals surface area contributed by atoms with E-state index in [4.69, 9.17) is 4.74 Å². The summed E-state index contributed by atoms with van der Waals surface area (Å²) in [5, 5.41) is 9.74. The zero-order valence-corrected chi connectivity index (χ0v) is 17.4. The van der Waals surface area contributed by atoms with Crippen molar-refractivity contribution in [2.45, 2.75) is 33.0 Å². The van der Waals surface area contributed by atoms with Gasteiger partial charge in [-0.2, -0.15) is 18.3 Å². The molecule has 0 aliphatic carbocycles. The van der Waals surface area contributed by atoms with Crippen LogP contribution < -0.4 is 15.4 Å². The number of halogens is 3. The van der Waals surface area contributed by atoms with E-state index in [1.807, 2.05) is 26.0 Å². The molecule has 0 aliphatic rings. The van der Waals surface area contributed by atoms with Crippen LogP contribution in [0.2, 0.25) is 0 Å². The molecule has 0 saturated heterocycles. The molecule has 0 unspecified atom stereocenters. The highest BCUT2D eigenvalue weighted by atomic mass is 19.4. The average molecular weight is 432 g/mol. The molecule has 31 heavy (non-hydrogen) atoms. The first-order valence-corrected chi connectivity index (χ1v) is 9.53. The van der Waals surface area contributed by atoms with Gasteiger partial charge in [-0.05, 0) is 48.2 Å². The number of alkyl halides is 3. The Hall–Kier alpha value is -3.49. The normalized spacial score (nSPS) is 11.3. The zero-order valence-electron chi connectivity index (χ0n) is 17.4. The lowest BCUT2D eigenvalue weighted by Gasteiger charge is -2.13. The van der Waals surface area contributed by atoms with Crippen LogP contribution in [-0.4, -0.2) is 29.1 Å². The smallest absolute Gasteiger partial charge is 0.393 e. The van der Waals surface area contributed by atoms with Crippen LogP contribution in [0.5, 0.6) is 5.75 Å². The number of anilines is 2. The van der Waals surface area contributed by atoms with Crippen molar-refractivity contribution in [1.82, 2.24) is 9.78 Å². The van der Waals surface area contributed by atoms with Crippen LogP contribution in [-0.2, 0) is 13.0 Å². The Labute approximate surface area is 178 Å². The molecule has 1 aromatic heterocycles. The van der Waals surface area contributed by atoms with Crippen LogP contribution in [0.25, 0.3) is 0 Å². The fourth-order valence-corrected chi connectivity index (χ4v) is 3.21. The molecule has 2 amide bonds. The summed E-state index contributed by atoms with van der Waals surface area (Å²) < 4.78 is 44.2. The van der Waals surface area contributed by atoms with Gasteiger partial charge in [0, 0.05) is 11.9 Å². The average Bonchev–Trinajstić information content (AvgIpc) is 3.11. The number of hydrogen-bond donors (Lipinski definition) is 2. The molecular formula is C22H23F3N4O2. The predicted octanol–water partition coefficient (Wildman–Crippen LogP) is 5.31. The highest BCUT2D eigenvalue weighted by Gasteiger charge is 2.27. The van der Waals surface area contributed by atoms with E-state index >= 15 is 0 Å². The third kappa shape index (κ3) is 6.24. The summed E-state index contributed by atoms with van der Waals surface area (Å²) in [4.78, 5) is 12.4. The van der Waals surface area contributed by atoms with Crippen LogP contribution in [0.1, 0.15) is 22.3 Å². The van der Waals surface area contributed by atoms with Crippen molar-refractivity contribution in [2.75, 3.05) is 17.7 Å². The van der Waals surface area contributed by atoms with Gasteiger partial charge in [-0.3, -0.25) is 4.68 Å². The van der Waals surface area contributed by atoms with Gasteiger partial charge in [0.15, 0.2) is 0 Å². The van der Waals surface area contributed by atoms with Crippen LogP contribution in [0, 0.1) is 13.8 Å². The monoisotopic (exact) mass is 432 g/mol. The van der Waals surface area contributed by atoms with Gasteiger partial charge < -0.3 is 15.4 Å². The van der Waals surface area contributed by atoms with E-state index in [0.29, 0.717) is 23.7 Å². The third-order valence-electron chi connectivity index (χ3n) is 4.64. The van der Waals surface area contributed by atoms with Gasteiger partial charge in [-0.25, -0.2) is 4.79 Å². The van der Waals surface area contributed by atoms with E-state index in [2.05, 4.69) is 15.7 Å². The van der Waals surface area contributed by atoms with Crippen molar-refractivity contribution in [1.29, 1.82) is 0 Å². The highest BCUT2D eigenvalue weighted by Crippen LogP contribution is 2.26. The van der Waals surface area contributed by atoms with Crippen molar-refractivity contribution in [3.8, 4) is 5.75 Å². The minimum atomic E-state index is -4.23. The fraction of sp³-hybridized carbons (Fsp3) is 0.273. The molecule has 0 saturated carbocycles. The molecule has 0 bridgehead atoms. The van der Waals surface area contributed by atoms with E-state index < -0.39 is 18.6 Å². The van der Waals surface area contributed by atoms with Crippen molar-refractivity contribution in [2.24, 2.45) is 0 Å². The number of aromatic nitrogens is 2. The van der Waals surface area contributed by atoms with Crippen molar-refractivity contribution < 1.29 is 22.7 Å². The number of nitrogens with zero attached hydrogens (tertiary/aromatic N) is 2. The van der Waals surface area contributed by atoms with E-state index in [9.17, 15) is 18.0 Å². The molecule has 0 fully saturated rings. The Balaban J connectivity index is 1.59. The minimum Gasteiger partial charge on any atom is -0.497 e. The maximum Gasteiger partial charge on any atom is 0.393 e. The molecule has 0 atom stereocenters. The van der Waals surface area contributed by atoms with Crippen LogP contribution in [0.3, 0.4) is 0 Å². The summed E-state index contributed by atoms with van der Waals surface area (Å²) in [5.74, 6) is 0.716. The van der Waals surface area contributed by atoms with Gasteiger partial charge in [-0.1, -0.05) is 24.3 Å². The van der Waals surface area contributed by atoms with E-state index in [0.717, 1.165) is 16.7 Å². The summed E-state index contributed by atoms with van der Waals surface area (Å²) in [6.45, 7) is 4.12. The van der Waals surface area contributed by atoms with E-state index in [1.54, 1.807) is 30.1 Å². The van der Waals surface area contributed by atoms with Crippen LogP contribution in [0.4, 0.5) is 29.3 Å². The third-order valence-corrected chi connectivity index (χ3v) is 4.64. The molecule has 164 valence electrons. The molecule has 2 N–H and O–H groups in total. The van der Waals surface area contributed by atoms with Gasteiger partial charge in [0.1, 0.15) is 5.75 Å². The Kier molecular flexibility index (Phi) is 6.53. The maximum absolute atomic E-state index is 12.5. The summed E-state index contributed by atoms with van der Waals surface area (Å²) in [5.41, 5.74) is 3.95. The molecule has 6 nitrogen and oxygen atoms in total. The predicted molar refractivity (Wildman–Crippen MR) is 113 cm³/mol. The number of hydrogen-bond acceptors (Lipinski definition) is 3. The van der Waals surface area contributed by atoms with E-state index in [-0.39, 0.29) is 5.56 Å². The largest absolute Gasteiger partial charge is 0.497 e. The number of urea groups is 1. The Bertz CT molecular complexity index is 1040. The van der Waals surface area contributed by atoms with Crippen molar-refractivity contribution >= 4 is 17.4 Å². The standard InChI is InChI=1S/C22H23F3N4O2/c1-14-8-19(31-3)9-15(2)20(14)28-21(30)27-18-11-26-29(13-18)12-17-6-4-16(5-7-17)10-22(23,24)25/h4-9,11,13H,10,12H2,1-3H3,(H2,27,28,30). The first-order valence-electron chi connectivity index (χ1n) is 9.53. The summed E-state index contributed by atoms with van der Waals surface area (Å²) in [6, 6.07) is 9.45. The number of rotatable bonds is 6. The minimum absolute atomic E-state index is 0.208. The first kappa shape index (κ1) is 22.2. The Morgan fingerprint density at radius 2 is 1.68 bits per heavy atom. The Morgan fingerprint density at radius 3 is 2.26 bits per heavy atom. The van der Waals surface area contributed by atoms with Crippen LogP contribution in [0.15, 0.2) is 48.8 Å². The number of methoxy groups -OCH3 is 1. The topological polar surface area (TPSA) is 68.2 Å². The summed E-state index contributed by atoms with van der Waals surface area (Å²) >= 11 is 0. The molecule has 2 aromatic carbocycles. The Morgan fingerprint density at radius 1 is 1.06 bits per heavy atom. The SMILES string of the molecule is COc1cc(C)c(NC(=O)Nc2cnn(Cc3ccc(CC(F)(F)F)cc3)c2)c(C)c1. The highest BCUT2D eigenvalue weighted by molar-refractivity contribution is 6.00. The quantitative estimate of drug-likeness (QED) is 0.555. The molecule has 9 heteroatoms. The summed E-state index contributed by atoms with van der Waals surface area (Å²) in [7, 11) is 1.59. The first-order chi connectivity index (χ1) is 14.6. The lowest BCUT2D eigenvalue weighted by Crippen LogP contribution is -2.20. The maximum atomic E-state index is 12.5. The molecule has 0 spiro atoms. The lowest BCUT2D eigenvalue weighted by atomic mass is 10.1. The zero-order chi connectivity index (χ0) is 22.6. The molecule has 0 aliphatic heterocycles. The van der Waals surface area contributed by atoms with Crippen molar-refractivity contribution in [3.63, 3.8) is 0 Å². The second-order valence-electron chi connectivity index (χ2n) is 7.25. The lowest BCUT2D eigenvalue weighted by molar-refractivity contribution is -0.127. The van der Waals surface area contributed by atoms with Gasteiger partial charge in [0.2, 0.25) is 0 Å². The number of amides is 2.